The van der Waals surface area contributed by atoms with Crippen LogP contribution in [0.1, 0.15) is 19.4 Å². The third kappa shape index (κ3) is 3.99. The quantitative estimate of drug-likeness (QED) is 0.611. The first-order valence-electron chi connectivity index (χ1n) is 4.97. The van der Waals surface area contributed by atoms with E-state index in [9.17, 15) is 5.11 Å². The second-order valence-electron chi connectivity index (χ2n) is 3.69. The van der Waals surface area contributed by atoms with Crippen molar-refractivity contribution in [3.63, 3.8) is 0 Å². The second kappa shape index (κ2) is 5.85. The molecule has 1 unspecified atom stereocenters. The Morgan fingerprint density at radius 3 is 2.27 bits per heavy atom. The Balaban J connectivity index is 2.72. The van der Waals surface area contributed by atoms with Crippen molar-refractivity contribution in [1.29, 1.82) is 0 Å². The van der Waals surface area contributed by atoms with E-state index in [0.29, 0.717) is 0 Å². The van der Waals surface area contributed by atoms with Crippen molar-refractivity contribution < 1.29 is 5.11 Å². The summed E-state index contributed by atoms with van der Waals surface area (Å²) in [5, 5.41) is 9.51. The van der Waals surface area contributed by atoms with Gasteiger partial charge < -0.3 is 5.11 Å². The van der Waals surface area contributed by atoms with Crippen LogP contribution in [0.15, 0.2) is 29.2 Å². The number of thioether (sulfide) groups is 1. The summed E-state index contributed by atoms with van der Waals surface area (Å²) in [5.41, 5.74) is 0.951. The summed E-state index contributed by atoms with van der Waals surface area (Å²) in [6.07, 6.45) is 1.51. The van der Waals surface area contributed by atoms with Crippen molar-refractivity contribution in [1.82, 2.24) is 0 Å². The van der Waals surface area contributed by atoms with Crippen LogP contribution < -0.4 is 0 Å². The molecule has 1 atom stereocenters. The molecule has 0 saturated heterocycles. The number of aliphatic hydroxyl groups excluding tert-OH is 1. The van der Waals surface area contributed by atoms with E-state index in [1.807, 2.05) is 44.4 Å². The maximum absolute atomic E-state index is 9.51. The lowest BCUT2D eigenvalue weighted by Crippen LogP contribution is -2.11. The number of aliphatic hydroxyl groups is 1. The molecule has 0 aliphatic rings. The van der Waals surface area contributed by atoms with E-state index < -0.39 is 6.10 Å². The summed E-state index contributed by atoms with van der Waals surface area (Å²) >= 11 is 1.71. The molecular formula is C13H16OS. The molecular weight excluding hydrogens is 204 g/mol. The fourth-order valence-corrected chi connectivity index (χ4v) is 1.41. The van der Waals surface area contributed by atoms with Crippen molar-refractivity contribution in [3.05, 3.63) is 29.8 Å². The predicted octanol–water partition coefficient (Wildman–Crippen LogP) is 2.78. The highest BCUT2D eigenvalue weighted by Gasteiger charge is 2.03. The van der Waals surface area contributed by atoms with Crippen molar-refractivity contribution >= 4 is 11.8 Å². The van der Waals surface area contributed by atoms with Gasteiger partial charge in [0.25, 0.3) is 0 Å². The molecule has 1 aromatic carbocycles. The summed E-state index contributed by atoms with van der Waals surface area (Å²) in [5.74, 6) is 5.99. The van der Waals surface area contributed by atoms with E-state index in [1.165, 1.54) is 4.90 Å². The average molecular weight is 220 g/mol. The third-order valence-corrected chi connectivity index (χ3v) is 2.83. The molecule has 0 aliphatic heterocycles. The number of hydrogen-bond donors (Lipinski definition) is 1. The summed E-state index contributed by atoms with van der Waals surface area (Å²) in [6, 6.07) is 8.03. The topological polar surface area (TPSA) is 20.2 Å². The number of hydrogen-bond acceptors (Lipinski definition) is 2. The van der Waals surface area contributed by atoms with Crippen LogP contribution in [-0.4, -0.2) is 17.5 Å². The first-order chi connectivity index (χ1) is 7.13. The monoisotopic (exact) mass is 220 g/mol. The van der Waals surface area contributed by atoms with Crippen LogP contribution in [0.3, 0.4) is 0 Å². The SMILES string of the molecule is CSc1ccc(C#CC(O)C(C)C)cc1. The van der Waals surface area contributed by atoms with Crippen LogP contribution in [0.25, 0.3) is 0 Å². The lowest BCUT2D eigenvalue weighted by molar-refractivity contribution is 0.181. The molecule has 0 bridgehead atoms. The zero-order valence-electron chi connectivity index (χ0n) is 9.32. The molecule has 80 valence electrons. The molecule has 0 aliphatic carbocycles. The lowest BCUT2D eigenvalue weighted by atomic mass is 10.1. The van der Waals surface area contributed by atoms with E-state index in [4.69, 9.17) is 0 Å². The van der Waals surface area contributed by atoms with Crippen LogP contribution in [-0.2, 0) is 0 Å². The maximum Gasteiger partial charge on any atom is 0.117 e. The Morgan fingerprint density at radius 1 is 1.20 bits per heavy atom. The molecule has 1 rings (SSSR count). The average Bonchev–Trinajstić information content (AvgIpc) is 2.26. The third-order valence-electron chi connectivity index (χ3n) is 2.09. The molecule has 0 heterocycles. The molecule has 0 amide bonds. The van der Waals surface area contributed by atoms with Crippen LogP contribution in [0.4, 0.5) is 0 Å². The van der Waals surface area contributed by atoms with E-state index >= 15 is 0 Å². The van der Waals surface area contributed by atoms with Crippen molar-refractivity contribution in [2.75, 3.05) is 6.26 Å². The van der Waals surface area contributed by atoms with Gasteiger partial charge in [0.1, 0.15) is 6.10 Å². The molecule has 2 heteroatoms. The molecule has 1 aromatic rings. The Hall–Kier alpha value is -0.910. The van der Waals surface area contributed by atoms with E-state index in [-0.39, 0.29) is 5.92 Å². The van der Waals surface area contributed by atoms with Gasteiger partial charge in [0.15, 0.2) is 0 Å². The summed E-state index contributed by atoms with van der Waals surface area (Å²) in [4.78, 5) is 1.23. The van der Waals surface area contributed by atoms with Gasteiger partial charge in [-0.1, -0.05) is 25.7 Å². The van der Waals surface area contributed by atoms with E-state index in [1.54, 1.807) is 11.8 Å². The van der Waals surface area contributed by atoms with Gasteiger partial charge in [-0.25, -0.2) is 0 Å². The number of rotatable bonds is 2. The van der Waals surface area contributed by atoms with Crippen molar-refractivity contribution in [2.45, 2.75) is 24.8 Å². The Bertz CT molecular complexity index is 356. The first-order valence-corrected chi connectivity index (χ1v) is 6.19. The summed E-state index contributed by atoms with van der Waals surface area (Å²) < 4.78 is 0. The minimum Gasteiger partial charge on any atom is -0.380 e. The van der Waals surface area contributed by atoms with Gasteiger partial charge in [0, 0.05) is 10.5 Å². The van der Waals surface area contributed by atoms with Crippen LogP contribution in [0.5, 0.6) is 0 Å². The molecule has 0 spiro atoms. The molecule has 1 nitrogen and oxygen atoms in total. The largest absolute Gasteiger partial charge is 0.380 e. The highest BCUT2D eigenvalue weighted by Crippen LogP contribution is 2.14. The van der Waals surface area contributed by atoms with Gasteiger partial charge in [0.05, 0.1) is 0 Å². The zero-order chi connectivity index (χ0) is 11.3. The Morgan fingerprint density at radius 2 is 1.80 bits per heavy atom. The second-order valence-corrected chi connectivity index (χ2v) is 4.57. The zero-order valence-corrected chi connectivity index (χ0v) is 10.1. The lowest BCUT2D eigenvalue weighted by Gasteiger charge is -2.05. The van der Waals surface area contributed by atoms with Crippen LogP contribution in [0, 0.1) is 17.8 Å². The van der Waals surface area contributed by atoms with Gasteiger partial charge in [-0.2, -0.15) is 0 Å². The highest BCUT2D eigenvalue weighted by atomic mass is 32.2. The molecule has 0 saturated carbocycles. The van der Waals surface area contributed by atoms with Gasteiger partial charge >= 0.3 is 0 Å². The minimum atomic E-state index is -0.537. The predicted molar refractivity (Wildman–Crippen MR) is 65.9 cm³/mol. The van der Waals surface area contributed by atoms with E-state index in [2.05, 4.69) is 11.8 Å². The maximum atomic E-state index is 9.51. The van der Waals surface area contributed by atoms with Crippen molar-refractivity contribution in [3.8, 4) is 11.8 Å². The molecule has 15 heavy (non-hydrogen) atoms. The minimum absolute atomic E-state index is 0.183. The first kappa shape index (κ1) is 12.2. The van der Waals surface area contributed by atoms with Gasteiger partial charge in [-0.05, 0) is 36.4 Å². The van der Waals surface area contributed by atoms with Crippen LogP contribution >= 0.6 is 11.8 Å². The summed E-state index contributed by atoms with van der Waals surface area (Å²) in [6.45, 7) is 3.91. The van der Waals surface area contributed by atoms with Crippen molar-refractivity contribution in [2.24, 2.45) is 5.92 Å². The summed E-state index contributed by atoms with van der Waals surface area (Å²) in [7, 11) is 0. The van der Waals surface area contributed by atoms with E-state index in [0.717, 1.165) is 5.56 Å². The molecule has 0 fully saturated rings. The van der Waals surface area contributed by atoms with Gasteiger partial charge in [-0.15, -0.1) is 11.8 Å². The Labute approximate surface area is 95.9 Å². The number of benzene rings is 1. The van der Waals surface area contributed by atoms with Gasteiger partial charge in [0.2, 0.25) is 0 Å². The fraction of sp³-hybridized carbons (Fsp3) is 0.385. The highest BCUT2D eigenvalue weighted by molar-refractivity contribution is 7.98. The molecule has 1 N–H and O–H groups in total. The smallest absolute Gasteiger partial charge is 0.117 e. The normalized spacial score (nSPS) is 12.1. The molecule has 0 radical (unpaired) electrons. The molecule has 0 aromatic heterocycles. The Kier molecular flexibility index (Phi) is 4.74. The standard InChI is InChI=1S/C13H16OS/c1-10(2)13(14)9-6-11-4-7-12(15-3)8-5-11/h4-5,7-8,10,13-14H,1-3H3. The van der Waals surface area contributed by atoms with Crippen LogP contribution in [0.2, 0.25) is 0 Å². The fourth-order valence-electron chi connectivity index (χ4n) is 0.998. The van der Waals surface area contributed by atoms with Gasteiger partial charge in [-0.3, -0.25) is 0 Å².